The normalized spacial score (nSPS) is 14.0. The van der Waals surface area contributed by atoms with Crippen LogP contribution in [0.25, 0.3) is 0 Å². The fourth-order valence-corrected chi connectivity index (χ4v) is 2.52. The smallest absolute Gasteiger partial charge is 0.408 e. The molecule has 0 aliphatic heterocycles. The molecule has 0 saturated carbocycles. The lowest BCUT2D eigenvalue weighted by molar-refractivity contribution is -0.690. The maximum atomic E-state index is 12.1. The Hall–Kier alpha value is -2.08. The lowest BCUT2D eigenvalue weighted by Gasteiger charge is -2.25. The minimum absolute atomic E-state index is 0.0658. The summed E-state index contributed by atoms with van der Waals surface area (Å²) in [6, 6.07) is 8.84. The molecule has 0 unspecified atom stereocenters. The van der Waals surface area contributed by atoms with Crippen LogP contribution in [-0.2, 0) is 16.0 Å². The summed E-state index contributed by atoms with van der Waals surface area (Å²) < 4.78 is 5.32. The van der Waals surface area contributed by atoms with Crippen LogP contribution in [-0.4, -0.2) is 36.3 Å². The highest BCUT2D eigenvalue weighted by Crippen LogP contribution is 2.08. The van der Waals surface area contributed by atoms with Gasteiger partial charge in [0.25, 0.3) is 0 Å². The van der Waals surface area contributed by atoms with Crippen LogP contribution in [0.2, 0.25) is 0 Å². The van der Waals surface area contributed by atoms with Crippen molar-refractivity contribution in [2.75, 3.05) is 6.54 Å². The van der Waals surface area contributed by atoms with Gasteiger partial charge < -0.3 is 25.3 Å². The molecule has 25 heavy (non-hydrogen) atoms. The molecule has 1 aromatic rings. The number of aliphatic carboxylic acids is 1. The number of benzene rings is 1. The van der Waals surface area contributed by atoms with E-state index in [4.69, 9.17) is 4.74 Å². The van der Waals surface area contributed by atoms with Crippen molar-refractivity contribution in [3.63, 3.8) is 0 Å². The van der Waals surface area contributed by atoms with E-state index in [1.807, 2.05) is 44.2 Å². The third kappa shape index (κ3) is 8.54. The van der Waals surface area contributed by atoms with Crippen molar-refractivity contribution in [1.29, 1.82) is 0 Å². The van der Waals surface area contributed by atoms with Crippen molar-refractivity contribution in [2.24, 2.45) is 5.92 Å². The number of quaternary nitrogens is 1. The highest BCUT2D eigenvalue weighted by Gasteiger charge is 2.24. The van der Waals surface area contributed by atoms with Gasteiger partial charge in [-0.05, 0) is 32.8 Å². The van der Waals surface area contributed by atoms with Crippen LogP contribution in [0.15, 0.2) is 30.3 Å². The van der Waals surface area contributed by atoms with Crippen molar-refractivity contribution >= 4 is 12.1 Å². The van der Waals surface area contributed by atoms with Crippen LogP contribution < -0.4 is 15.7 Å². The van der Waals surface area contributed by atoms with Gasteiger partial charge in [-0.1, -0.05) is 44.2 Å². The van der Waals surface area contributed by atoms with Crippen LogP contribution in [0, 0.1) is 5.92 Å². The van der Waals surface area contributed by atoms with Gasteiger partial charge in [-0.3, -0.25) is 0 Å². The second-order valence-electron chi connectivity index (χ2n) is 7.59. The number of alkyl carbamates (subject to hydrolysis) is 1. The average Bonchev–Trinajstić information content (AvgIpc) is 2.45. The Kier molecular flexibility index (Phi) is 7.90. The van der Waals surface area contributed by atoms with Gasteiger partial charge in [0.2, 0.25) is 0 Å². The highest BCUT2D eigenvalue weighted by molar-refractivity contribution is 5.69. The molecule has 1 aromatic carbocycles. The predicted octanol–water partition coefficient (Wildman–Crippen LogP) is 0.460. The first-order valence-electron chi connectivity index (χ1n) is 8.66. The third-order valence-corrected chi connectivity index (χ3v) is 3.71. The van der Waals surface area contributed by atoms with E-state index in [0.29, 0.717) is 13.0 Å². The number of carbonyl (C=O) groups is 2. The van der Waals surface area contributed by atoms with Gasteiger partial charge in [-0.15, -0.1) is 0 Å². The number of hydrogen-bond donors (Lipinski definition) is 2. The molecule has 0 radical (unpaired) electrons. The number of nitrogens with one attached hydrogen (secondary N) is 1. The molecule has 0 spiro atoms. The molecule has 0 aromatic heterocycles. The van der Waals surface area contributed by atoms with Gasteiger partial charge in [0.05, 0.1) is 18.6 Å². The van der Waals surface area contributed by atoms with E-state index in [9.17, 15) is 14.7 Å². The Labute approximate surface area is 150 Å². The van der Waals surface area contributed by atoms with Gasteiger partial charge in [0, 0.05) is 5.92 Å². The fourth-order valence-electron chi connectivity index (χ4n) is 2.52. The lowest BCUT2D eigenvalue weighted by atomic mass is 10.0. The number of amides is 1. The zero-order valence-electron chi connectivity index (χ0n) is 15.7. The SMILES string of the molecule is CC(C)[C@H]([NH2+]C[C@H](Cc1ccccc1)NC(=O)OC(C)(C)C)C(=O)[O-]. The number of carbonyl (C=O) groups excluding carboxylic acids is 2. The van der Waals surface area contributed by atoms with E-state index in [0.717, 1.165) is 5.56 Å². The van der Waals surface area contributed by atoms with Gasteiger partial charge in [0.1, 0.15) is 11.6 Å². The van der Waals surface area contributed by atoms with Gasteiger partial charge in [-0.2, -0.15) is 0 Å². The monoisotopic (exact) mass is 350 g/mol. The largest absolute Gasteiger partial charge is 0.544 e. The van der Waals surface area contributed by atoms with E-state index < -0.39 is 23.7 Å². The van der Waals surface area contributed by atoms with E-state index in [1.54, 1.807) is 26.1 Å². The summed E-state index contributed by atoms with van der Waals surface area (Å²) in [5.74, 6) is -1.16. The Morgan fingerprint density at radius 1 is 1.20 bits per heavy atom. The summed E-state index contributed by atoms with van der Waals surface area (Å²) >= 11 is 0. The number of hydrogen-bond acceptors (Lipinski definition) is 4. The minimum atomic E-state index is -1.09. The van der Waals surface area contributed by atoms with Crippen LogP contribution >= 0.6 is 0 Å². The second-order valence-corrected chi connectivity index (χ2v) is 7.59. The lowest BCUT2D eigenvalue weighted by Crippen LogP contribution is -2.96. The molecule has 6 heteroatoms. The van der Waals surface area contributed by atoms with E-state index in [2.05, 4.69) is 5.32 Å². The topological polar surface area (TPSA) is 95.1 Å². The van der Waals surface area contributed by atoms with Crippen LogP contribution in [0.3, 0.4) is 0 Å². The Morgan fingerprint density at radius 2 is 1.80 bits per heavy atom. The average molecular weight is 350 g/mol. The molecule has 2 atom stereocenters. The van der Waals surface area contributed by atoms with Crippen LogP contribution in [0.5, 0.6) is 0 Å². The number of rotatable bonds is 8. The summed E-state index contributed by atoms with van der Waals surface area (Å²) in [6.45, 7) is 9.50. The Bertz CT molecular complexity index is 552. The first kappa shape index (κ1) is 21.0. The van der Waals surface area contributed by atoms with Crippen molar-refractivity contribution in [1.82, 2.24) is 5.32 Å². The predicted molar refractivity (Wildman–Crippen MR) is 93.7 cm³/mol. The second kappa shape index (κ2) is 9.42. The first-order chi connectivity index (χ1) is 11.6. The zero-order chi connectivity index (χ0) is 19.0. The van der Waals surface area contributed by atoms with E-state index in [-0.39, 0.29) is 12.0 Å². The minimum Gasteiger partial charge on any atom is -0.544 e. The maximum Gasteiger partial charge on any atom is 0.408 e. The molecule has 0 saturated heterocycles. The Morgan fingerprint density at radius 3 is 2.28 bits per heavy atom. The van der Waals surface area contributed by atoms with Crippen molar-refractivity contribution in [3.8, 4) is 0 Å². The molecular formula is C19H30N2O4. The highest BCUT2D eigenvalue weighted by atomic mass is 16.6. The molecule has 0 aliphatic rings. The summed E-state index contributed by atoms with van der Waals surface area (Å²) in [5, 5.41) is 15.8. The van der Waals surface area contributed by atoms with Crippen LogP contribution in [0.4, 0.5) is 4.79 Å². The quantitative estimate of drug-likeness (QED) is 0.712. The molecule has 0 fully saturated rings. The molecule has 3 N–H and O–H groups in total. The van der Waals surface area contributed by atoms with Crippen molar-refractivity contribution in [2.45, 2.75) is 58.7 Å². The van der Waals surface area contributed by atoms with E-state index in [1.165, 1.54) is 0 Å². The summed E-state index contributed by atoms with van der Waals surface area (Å²) in [7, 11) is 0. The fraction of sp³-hybridized carbons (Fsp3) is 0.579. The summed E-state index contributed by atoms with van der Waals surface area (Å²) in [5.41, 5.74) is 0.475. The number of nitrogens with two attached hydrogens (primary N) is 1. The first-order valence-corrected chi connectivity index (χ1v) is 8.66. The molecule has 0 heterocycles. The van der Waals surface area contributed by atoms with Gasteiger partial charge in [-0.25, -0.2) is 4.79 Å². The van der Waals surface area contributed by atoms with Crippen molar-refractivity contribution in [3.05, 3.63) is 35.9 Å². The zero-order valence-corrected chi connectivity index (χ0v) is 15.7. The molecule has 0 bridgehead atoms. The molecule has 140 valence electrons. The van der Waals surface area contributed by atoms with Gasteiger partial charge >= 0.3 is 6.09 Å². The number of carboxylic acid groups (broad SMARTS) is 1. The molecule has 0 aliphatic carbocycles. The van der Waals surface area contributed by atoms with Crippen LogP contribution in [0.1, 0.15) is 40.2 Å². The molecule has 6 nitrogen and oxygen atoms in total. The number of carboxylic acids is 1. The molecular weight excluding hydrogens is 320 g/mol. The number of ether oxygens (including phenoxy) is 1. The molecule has 1 rings (SSSR count). The molecule has 1 amide bonds. The van der Waals surface area contributed by atoms with Gasteiger partial charge in [0.15, 0.2) is 0 Å². The maximum absolute atomic E-state index is 12.1. The van der Waals surface area contributed by atoms with E-state index >= 15 is 0 Å². The van der Waals surface area contributed by atoms with Crippen molar-refractivity contribution < 1.29 is 24.7 Å². The third-order valence-electron chi connectivity index (χ3n) is 3.71. The summed E-state index contributed by atoms with van der Waals surface area (Å²) in [4.78, 5) is 23.4. The summed E-state index contributed by atoms with van der Waals surface area (Å²) in [6.07, 6.45) is 0.0884. The standard InChI is InChI=1S/C19H30N2O4/c1-13(2)16(17(22)23)20-12-15(11-14-9-7-6-8-10-14)21-18(24)25-19(3,4)5/h6-10,13,15-16,20H,11-12H2,1-5H3,(H,21,24)(H,22,23)/t15-,16-/m0/s1. The Balaban J connectivity index is 2.76.